The van der Waals surface area contributed by atoms with Crippen molar-refractivity contribution in [3.8, 4) is 5.75 Å². The molecule has 0 heterocycles. The van der Waals surface area contributed by atoms with E-state index < -0.39 is 0 Å². The van der Waals surface area contributed by atoms with Crippen molar-refractivity contribution in [2.24, 2.45) is 0 Å². The number of methoxy groups -OCH3 is 1. The Bertz CT molecular complexity index is 371. The molecule has 100 valence electrons. The molecule has 1 unspecified atom stereocenters. The van der Waals surface area contributed by atoms with Crippen LogP contribution in [0.1, 0.15) is 51.0 Å². The van der Waals surface area contributed by atoms with Gasteiger partial charge < -0.3 is 10.1 Å². The molecule has 1 atom stereocenters. The molecule has 0 spiro atoms. The second-order valence-electron chi connectivity index (χ2n) is 5.50. The fraction of sp³-hybridized carbons (Fsp3) is 0.625. The Morgan fingerprint density at radius 3 is 2.83 bits per heavy atom. The molecule has 2 heteroatoms. The zero-order valence-electron chi connectivity index (χ0n) is 11.8. The van der Waals surface area contributed by atoms with E-state index in [9.17, 15) is 0 Å². The lowest BCUT2D eigenvalue weighted by Crippen LogP contribution is -2.44. The summed E-state index contributed by atoms with van der Waals surface area (Å²) in [5, 5.41) is 3.71. The van der Waals surface area contributed by atoms with Crippen molar-refractivity contribution in [1.82, 2.24) is 5.32 Å². The number of ether oxygens (including phenoxy) is 1. The van der Waals surface area contributed by atoms with Gasteiger partial charge in [-0.2, -0.15) is 0 Å². The molecular weight excluding hydrogens is 222 g/mol. The van der Waals surface area contributed by atoms with Gasteiger partial charge in [-0.25, -0.2) is 0 Å². The highest BCUT2D eigenvalue weighted by atomic mass is 16.5. The van der Waals surface area contributed by atoms with Gasteiger partial charge in [0.15, 0.2) is 0 Å². The highest BCUT2D eigenvalue weighted by Gasteiger charge is 2.30. The van der Waals surface area contributed by atoms with E-state index in [2.05, 4.69) is 37.4 Å². The third-order valence-corrected chi connectivity index (χ3v) is 3.95. The topological polar surface area (TPSA) is 21.3 Å². The Morgan fingerprint density at radius 2 is 2.17 bits per heavy atom. The predicted molar refractivity (Wildman–Crippen MR) is 76.3 cm³/mol. The number of benzene rings is 1. The second-order valence-corrected chi connectivity index (χ2v) is 5.50. The zero-order chi connectivity index (χ0) is 13.0. The minimum absolute atomic E-state index is 0.659. The van der Waals surface area contributed by atoms with Crippen LogP contribution in [0, 0.1) is 0 Å². The third-order valence-electron chi connectivity index (χ3n) is 3.95. The Balaban J connectivity index is 1.81. The molecule has 0 saturated heterocycles. The van der Waals surface area contributed by atoms with Gasteiger partial charge in [-0.15, -0.1) is 0 Å². The van der Waals surface area contributed by atoms with Crippen molar-refractivity contribution in [2.75, 3.05) is 7.11 Å². The summed E-state index contributed by atoms with van der Waals surface area (Å²) in [4.78, 5) is 0. The van der Waals surface area contributed by atoms with Crippen molar-refractivity contribution >= 4 is 0 Å². The lowest BCUT2D eigenvalue weighted by atomic mass is 9.75. The molecule has 2 nitrogen and oxygen atoms in total. The van der Waals surface area contributed by atoms with Gasteiger partial charge in [-0.3, -0.25) is 0 Å². The van der Waals surface area contributed by atoms with Gasteiger partial charge in [0.2, 0.25) is 0 Å². The van der Waals surface area contributed by atoms with E-state index in [1.165, 1.54) is 31.2 Å². The summed E-state index contributed by atoms with van der Waals surface area (Å²) >= 11 is 0. The van der Waals surface area contributed by atoms with Crippen LogP contribution >= 0.6 is 0 Å². The molecule has 1 aliphatic rings. The molecule has 1 fully saturated rings. The van der Waals surface area contributed by atoms with E-state index in [0.29, 0.717) is 18.0 Å². The van der Waals surface area contributed by atoms with E-state index in [1.807, 2.05) is 6.07 Å². The minimum Gasteiger partial charge on any atom is -0.497 e. The maximum absolute atomic E-state index is 5.28. The lowest BCUT2D eigenvalue weighted by Gasteiger charge is -2.38. The predicted octanol–water partition coefficient (Wildman–Crippen LogP) is 3.72. The van der Waals surface area contributed by atoms with Crippen molar-refractivity contribution in [3.63, 3.8) is 0 Å². The van der Waals surface area contributed by atoms with Crippen molar-refractivity contribution in [3.05, 3.63) is 29.8 Å². The Kier molecular flexibility index (Phi) is 4.65. The number of hydrogen-bond donors (Lipinski definition) is 1. The first-order valence-corrected chi connectivity index (χ1v) is 7.13. The summed E-state index contributed by atoms with van der Waals surface area (Å²) in [5.41, 5.74) is 1.43. The van der Waals surface area contributed by atoms with Gasteiger partial charge >= 0.3 is 0 Å². The quantitative estimate of drug-likeness (QED) is 0.827. The smallest absolute Gasteiger partial charge is 0.119 e. The van der Waals surface area contributed by atoms with Crippen LogP contribution in [0.2, 0.25) is 0 Å². The van der Waals surface area contributed by atoms with Crippen LogP contribution in [-0.2, 0) is 0 Å². The van der Waals surface area contributed by atoms with Gasteiger partial charge in [0, 0.05) is 12.1 Å². The van der Waals surface area contributed by atoms with Gasteiger partial charge in [-0.1, -0.05) is 25.5 Å². The van der Waals surface area contributed by atoms with Crippen LogP contribution in [0.3, 0.4) is 0 Å². The largest absolute Gasteiger partial charge is 0.497 e. The van der Waals surface area contributed by atoms with Crippen molar-refractivity contribution < 1.29 is 4.74 Å². The summed E-state index contributed by atoms with van der Waals surface area (Å²) < 4.78 is 5.28. The molecule has 0 aliphatic heterocycles. The maximum Gasteiger partial charge on any atom is 0.119 e. The van der Waals surface area contributed by atoms with Crippen LogP contribution in [0.15, 0.2) is 24.3 Å². The van der Waals surface area contributed by atoms with Crippen molar-refractivity contribution in [1.29, 1.82) is 0 Å². The molecule has 1 saturated carbocycles. The second kappa shape index (κ2) is 6.24. The first-order chi connectivity index (χ1) is 8.72. The molecule has 2 rings (SSSR count). The minimum atomic E-state index is 0.659. The Labute approximate surface area is 111 Å². The average Bonchev–Trinajstić information content (AvgIpc) is 2.33. The first-order valence-electron chi connectivity index (χ1n) is 7.13. The summed E-state index contributed by atoms with van der Waals surface area (Å²) in [5.74, 6) is 1.69. The molecule has 0 amide bonds. The summed E-state index contributed by atoms with van der Waals surface area (Å²) in [6, 6.07) is 9.87. The van der Waals surface area contributed by atoms with Gasteiger partial charge in [0.1, 0.15) is 5.75 Å². The standard InChI is InChI=1S/C16H25NO/c1-4-6-12(2)17-15-9-14(10-15)13-7-5-8-16(11-13)18-3/h5,7-8,11-12,14-15,17H,4,6,9-10H2,1-3H3. The molecule has 1 aromatic carbocycles. The summed E-state index contributed by atoms with van der Waals surface area (Å²) in [6.07, 6.45) is 5.07. The highest BCUT2D eigenvalue weighted by Crippen LogP contribution is 2.38. The number of nitrogens with one attached hydrogen (secondary N) is 1. The monoisotopic (exact) mass is 247 g/mol. The van der Waals surface area contributed by atoms with Crippen LogP contribution in [0.4, 0.5) is 0 Å². The zero-order valence-corrected chi connectivity index (χ0v) is 11.8. The van der Waals surface area contributed by atoms with E-state index in [1.54, 1.807) is 7.11 Å². The summed E-state index contributed by atoms with van der Waals surface area (Å²) in [6.45, 7) is 4.54. The van der Waals surface area contributed by atoms with E-state index in [4.69, 9.17) is 4.74 Å². The van der Waals surface area contributed by atoms with E-state index in [-0.39, 0.29) is 0 Å². The SMILES string of the molecule is CCCC(C)NC1CC(c2cccc(OC)c2)C1. The molecule has 0 bridgehead atoms. The fourth-order valence-corrected chi connectivity index (χ4v) is 2.84. The van der Waals surface area contributed by atoms with E-state index in [0.717, 1.165) is 5.75 Å². The van der Waals surface area contributed by atoms with Crippen LogP contribution < -0.4 is 10.1 Å². The van der Waals surface area contributed by atoms with Gasteiger partial charge in [0.25, 0.3) is 0 Å². The Morgan fingerprint density at radius 1 is 1.39 bits per heavy atom. The maximum atomic E-state index is 5.28. The van der Waals surface area contributed by atoms with Gasteiger partial charge in [0.05, 0.1) is 7.11 Å². The van der Waals surface area contributed by atoms with Gasteiger partial charge in [-0.05, 0) is 49.8 Å². The molecule has 1 N–H and O–H groups in total. The highest BCUT2D eigenvalue weighted by molar-refractivity contribution is 5.32. The molecule has 1 aliphatic carbocycles. The molecule has 18 heavy (non-hydrogen) atoms. The molecule has 1 aromatic rings. The van der Waals surface area contributed by atoms with Crippen LogP contribution in [0.5, 0.6) is 5.75 Å². The first kappa shape index (κ1) is 13.4. The number of rotatable bonds is 6. The Hall–Kier alpha value is -1.02. The van der Waals surface area contributed by atoms with Crippen molar-refractivity contribution in [2.45, 2.75) is 57.5 Å². The average molecular weight is 247 g/mol. The lowest BCUT2D eigenvalue weighted by molar-refractivity contribution is 0.264. The molecular formula is C16H25NO. The summed E-state index contributed by atoms with van der Waals surface area (Å²) in [7, 11) is 1.73. The molecule has 0 aromatic heterocycles. The van der Waals surface area contributed by atoms with E-state index >= 15 is 0 Å². The third kappa shape index (κ3) is 3.26. The van der Waals surface area contributed by atoms with Crippen LogP contribution in [0.25, 0.3) is 0 Å². The fourth-order valence-electron chi connectivity index (χ4n) is 2.84. The van der Waals surface area contributed by atoms with Crippen LogP contribution in [-0.4, -0.2) is 19.2 Å². The molecule has 0 radical (unpaired) electrons. The number of hydrogen-bond acceptors (Lipinski definition) is 2. The normalized spacial score (nSPS) is 24.4.